The minimum Gasteiger partial charge on any atom is -0.488 e. The van der Waals surface area contributed by atoms with Crippen LogP contribution in [0.2, 0.25) is 5.02 Å². The van der Waals surface area contributed by atoms with E-state index in [1.807, 2.05) is 50.5 Å². The molecule has 0 spiro atoms. The number of rotatable bonds is 4. The first kappa shape index (κ1) is 16.3. The Morgan fingerprint density at radius 2 is 1.96 bits per heavy atom. The van der Waals surface area contributed by atoms with E-state index in [1.165, 1.54) is 0 Å². The molecule has 0 radical (unpaired) electrons. The van der Waals surface area contributed by atoms with Crippen LogP contribution >= 0.6 is 11.6 Å². The van der Waals surface area contributed by atoms with E-state index in [-0.39, 0.29) is 0 Å². The van der Waals surface area contributed by atoms with E-state index in [1.54, 1.807) is 6.07 Å². The lowest BCUT2D eigenvalue weighted by molar-refractivity contribution is 0.0658. The summed E-state index contributed by atoms with van der Waals surface area (Å²) in [4.78, 5) is 2.13. The third kappa shape index (κ3) is 3.23. The predicted octanol–water partition coefficient (Wildman–Crippen LogP) is 3.81. The van der Waals surface area contributed by atoms with Gasteiger partial charge in [0.05, 0.1) is 0 Å². The Kier molecular flexibility index (Phi) is 4.62. The van der Waals surface area contributed by atoms with E-state index in [2.05, 4.69) is 4.90 Å². The standard InChI is InChI=1S/C19H22ClNO2/c1-21(2)11-5-10-19(22)16-7-4-3-6-14(16)13-23-18-9-8-15(20)12-17(18)19/h3-4,6-9,12,22H,5,10-11,13H2,1-2H3. The molecule has 0 saturated carbocycles. The van der Waals surface area contributed by atoms with Crippen molar-refractivity contribution < 1.29 is 9.84 Å². The average Bonchev–Trinajstić information content (AvgIpc) is 2.64. The number of benzene rings is 2. The van der Waals surface area contributed by atoms with Crippen molar-refractivity contribution in [1.82, 2.24) is 4.90 Å². The molecule has 0 amide bonds. The summed E-state index contributed by atoms with van der Waals surface area (Å²) in [6.45, 7) is 1.38. The molecule has 0 aromatic heterocycles. The van der Waals surface area contributed by atoms with Crippen LogP contribution in [0, 0.1) is 0 Å². The molecule has 1 N–H and O–H groups in total. The average molecular weight is 332 g/mol. The van der Waals surface area contributed by atoms with Crippen LogP contribution in [0.1, 0.15) is 29.5 Å². The highest BCUT2D eigenvalue weighted by molar-refractivity contribution is 6.30. The first-order valence-electron chi connectivity index (χ1n) is 7.89. The van der Waals surface area contributed by atoms with Crippen molar-refractivity contribution in [1.29, 1.82) is 0 Å². The fraction of sp³-hybridized carbons (Fsp3) is 0.368. The molecule has 0 aliphatic carbocycles. The molecule has 3 rings (SSSR count). The van der Waals surface area contributed by atoms with Crippen LogP contribution in [0.5, 0.6) is 5.75 Å². The maximum atomic E-state index is 11.6. The van der Waals surface area contributed by atoms with E-state index in [0.717, 1.165) is 29.7 Å². The minimum absolute atomic E-state index is 0.459. The van der Waals surface area contributed by atoms with Gasteiger partial charge in [-0.05, 0) is 62.8 Å². The summed E-state index contributed by atoms with van der Waals surface area (Å²) in [6.07, 6.45) is 1.50. The number of fused-ring (bicyclic) bond motifs is 2. The normalized spacial score (nSPS) is 19.7. The summed E-state index contributed by atoms with van der Waals surface area (Å²) in [7, 11) is 4.08. The summed E-state index contributed by atoms with van der Waals surface area (Å²) in [5, 5.41) is 12.2. The number of aliphatic hydroxyl groups is 1. The van der Waals surface area contributed by atoms with Crippen LogP contribution in [0.15, 0.2) is 42.5 Å². The van der Waals surface area contributed by atoms with Gasteiger partial charge in [-0.25, -0.2) is 0 Å². The van der Waals surface area contributed by atoms with Crippen molar-refractivity contribution in [3.8, 4) is 5.75 Å². The van der Waals surface area contributed by atoms with Crippen molar-refractivity contribution in [2.24, 2.45) is 0 Å². The van der Waals surface area contributed by atoms with Crippen LogP contribution in [-0.2, 0) is 12.2 Å². The van der Waals surface area contributed by atoms with Crippen LogP contribution in [0.25, 0.3) is 0 Å². The quantitative estimate of drug-likeness (QED) is 0.924. The first-order valence-corrected chi connectivity index (χ1v) is 8.27. The molecule has 4 heteroatoms. The second-order valence-corrected chi connectivity index (χ2v) is 6.79. The molecular formula is C19H22ClNO2. The summed E-state index contributed by atoms with van der Waals surface area (Å²) in [6, 6.07) is 13.4. The number of hydrogen-bond acceptors (Lipinski definition) is 3. The van der Waals surface area contributed by atoms with E-state index in [0.29, 0.717) is 23.8 Å². The van der Waals surface area contributed by atoms with Crippen LogP contribution < -0.4 is 4.74 Å². The smallest absolute Gasteiger partial charge is 0.126 e. The van der Waals surface area contributed by atoms with Gasteiger partial charge in [0, 0.05) is 10.6 Å². The lowest BCUT2D eigenvalue weighted by atomic mass is 9.80. The molecule has 1 unspecified atom stereocenters. The Morgan fingerprint density at radius 1 is 1.17 bits per heavy atom. The fourth-order valence-corrected chi connectivity index (χ4v) is 3.39. The Morgan fingerprint density at radius 3 is 2.74 bits per heavy atom. The molecule has 3 nitrogen and oxygen atoms in total. The van der Waals surface area contributed by atoms with Gasteiger partial charge in [0.2, 0.25) is 0 Å². The van der Waals surface area contributed by atoms with E-state index >= 15 is 0 Å². The summed E-state index contributed by atoms with van der Waals surface area (Å²) in [5.41, 5.74) is 1.62. The molecule has 2 aromatic carbocycles. The first-order chi connectivity index (χ1) is 11.0. The Bertz CT molecular complexity index is 702. The number of nitrogens with zero attached hydrogens (tertiary/aromatic N) is 1. The minimum atomic E-state index is -1.08. The zero-order valence-electron chi connectivity index (χ0n) is 13.6. The maximum Gasteiger partial charge on any atom is 0.126 e. The lowest BCUT2D eigenvalue weighted by Crippen LogP contribution is -2.29. The van der Waals surface area contributed by atoms with Gasteiger partial charge in [-0.1, -0.05) is 35.9 Å². The fourth-order valence-electron chi connectivity index (χ4n) is 3.22. The number of hydrogen-bond donors (Lipinski definition) is 1. The van der Waals surface area contributed by atoms with Gasteiger partial charge in [-0.3, -0.25) is 0 Å². The van der Waals surface area contributed by atoms with Gasteiger partial charge in [-0.15, -0.1) is 0 Å². The SMILES string of the molecule is CN(C)CCCC1(O)c2ccccc2COc2ccc(Cl)cc21. The lowest BCUT2D eigenvalue weighted by Gasteiger charge is -2.30. The predicted molar refractivity (Wildman–Crippen MR) is 93.0 cm³/mol. The molecule has 1 heterocycles. The molecule has 0 bridgehead atoms. The second kappa shape index (κ2) is 6.52. The zero-order chi connectivity index (χ0) is 16.4. The number of ether oxygens (including phenoxy) is 1. The van der Waals surface area contributed by atoms with Crippen molar-refractivity contribution in [2.75, 3.05) is 20.6 Å². The molecule has 1 atom stereocenters. The van der Waals surface area contributed by atoms with Crippen molar-refractivity contribution in [2.45, 2.75) is 25.0 Å². The Balaban J connectivity index is 2.09. The second-order valence-electron chi connectivity index (χ2n) is 6.35. The highest BCUT2D eigenvalue weighted by Gasteiger charge is 2.37. The summed E-state index contributed by atoms with van der Waals surface area (Å²) in [5.74, 6) is 0.706. The third-order valence-corrected chi connectivity index (χ3v) is 4.61. The topological polar surface area (TPSA) is 32.7 Å². The van der Waals surface area contributed by atoms with Crippen LogP contribution in [-0.4, -0.2) is 30.6 Å². The number of halogens is 1. The van der Waals surface area contributed by atoms with Crippen molar-refractivity contribution >= 4 is 11.6 Å². The van der Waals surface area contributed by atoms with E-state index in [4.69, 9.17) is 16.3 Å². The van der Waals surface area contributed by atoms with Gasteiger partial charge >= 0.3 is 0 Å². The monoisotopic (exact) mass is 331 g/mol. The molecule has 0 fully saturated rings. The van der Waals surface area contributed by atoms with Crippen molar-refractivity contribution in [3.05, 3.63) is 64.2 Å². The zero-order valence-corrected chi connectivity index (χ0v) is 14.3. The largest absolute Gasteiger partial charge is 0.488 e. The molecule has 1 aliphatic rings. The van der Waals surface area contributed by atoms with Gasteiger partial charge in [0.15, 0.2) is 0 Å². The van der Waals surface area contributed by atoms with Crippen molar-refractivity contribution in [3.63, 3.8) is 0 Å². The Labute approximate surface area is 142 Å². The maximum absolute atomic E-state index is 11.6. The molecular weight excluding hydrogens is 310 g/mol. The van der Waals surface area contributed by atoms with Crippen LogP contribution in [0.3, 0.4) is 0 Å². The van der Waals surface area contributed by atoms with E-state index < -0.39 is 5.60 Å². The highest BCUT2D eigenvalue weighted by atomic mass is 35.5. The van der Waals surface area contributed by atoms with E-state index in [9.17, 15) is 5.11 Å². The van der Waals surface area contributed by atoms with Gasteiger partial charge in [0.1, 0.15) is 18.0 Å². The molecule has 122 valence electrons. The molecule has 2 aromatic rings. The summed E-state index contributed by atoms with van der Waals surface area (Å²) < 4.78 is 5.92. The molecule has 1 aliphatic heterocycles. The Hall–Kier alpha value is -1.55. The highest BCUT2D eigenvalue weighted by Crippen LogP contribution is 2.44. The van der Waals surface area contributed by atoms with Crippen LogP contribution in [0.4, 0.5) is 0 Å². The van der Waals surface area contributed by atoms with Gasteiger partial charge in [0.25, 0.3) is 0 Å². The van der Waals surface area contributed by atoms with Gasteiger partial charge in [-0.2, -0.15) is 0 Å². The third-order valence-electron chi connectivity index (χ3n) is 4.38. The molecule has 0 saturated heterocycles. The molecule has 23 heavy (non-hydrogen) atoms. The summed E-state index contributed by atoms with van der Waals surface area (Å²) >= 11 is 6.19. The van der Waals surface area contributed by atoms with Gasteiger partial charge < -0.3 is 14.7 Å².